The van der Waals surface area contributed by atoms with E-state index in [1.807, 2.05) is 6.92 Å². The van der Waals surface area contributed by atoms with Crippen LogP contribution < -0.4 is 11.2 Å². The first-order valence-electron chi connectivity index (χ1n) is 8.37. The molecule has 10 nitrogen and oxygen atoms in total. The maximum atomic E-state index is 12.4. The molecule has 11 heteroatoms. The molecule has 1 unspecified atom stereocenters. The Kier molecular flexibility index (Phi) is 5.24. The molecule has 0 fully saturated rings. The van der Waals surface area contributed by atoms with Crippen LogP contribution in [0.15, 0.2) is 45.1 Å². The highest BCUT2D eigenvalue weighted by molar-refractivity contribution is 7.86. The van der Waals surface area contributed by atoms with Crippen LogP contribution in [0, 0.1) is 6.92 Å². The summed E-state index contributed by atoms with van der Waals surface area (Å²) in [7, 11) is -1.19. The Morgan fingerprint density at radius 1 is 1.14 bits per heavy atom. The van der Waals surface area contributed by atoms with E-state index in [0.717, 1.165) is 10.1 Å². The lowest BCUT2D eigenvalue weighted by atomic mass is 10.2. The van der Waals surface area contributed by atoms with Crippen LogP contribution in [0.4, 0.5) is 0 Å². The summed E-state index contributed by atoms with van der Waals surface area (Å²) in [5.74, 6) is 0. The second kappa shape index (κ2) is 7.34. The molecule has 0 amide bonds. The summed E-state index contributed by atoms with van der Waals surface area (Å²) in [4.78, 5) is 28.3. The van der Waals surface area contributed by atoms with Crippen LogP contribution in [0.5, 0.6) is 0 Å². The summed E-state index contributed by atoms with van der Waals surface area (Å²) in [5, 5.41) is 10.2. The van der Waals surface area contributed by atoms with E-state index >= 15 is 0 Å². The number of rotatable bonds is 6. The maximum absolute atomic E-state index is 12.4. The van der Waals surface area contributed by atoms with Gasteiger partial charge in [-0.2, -0.15) is 8.42 Å². The first-order chi connectivity index (χ1) is 13.1. The van der Waals surface area contributed by atoms with E-state index in [9.17, 15) is 23.1 Å². The Morgan fingerprint density at radius 2 is 1.79 bits per heavy atom. The number of imidazole rings is 1. The number of aliphatic hydroxyl groups is 1. The summed E-state index contributed by atoms with van der Waals surface area (Å²) < 4.78 is 32.8. The van der Waals surface area contributed by atoms with Crippen molar-refractivity contribution in [2.24, 2.45) is 14.1 Å². The first-order valence-corrected chi connectivity index (χ1v) is 9.77. The largest absolute Gasteiger partial charge is 0.389 e. The summed E-state index contributed by atoms with van der Waals surface area (Å²) in [6.45, 7) is 1.20. The second-order valence-corrected chi connectivity index (χ2v) is 8.10. The second-order valence-electron chi connectivity index (χ2n) is 6.48. The van der Waals surface area contributed by atoms with Crippen molar-refractivity contribution in [1.82, 2.24) is 18.7 Å². The van der Waals surface area contributed by atoms with Gasteiger partial charge in [0.1, 0.15) is 0 Å². The lowest BCUT2D eigenvalue weighted by Crippen LogP contribution is -2.38. The molecule has 0 aliphatic heterocycles. The first kappa shape index (κ1) is 20.0. The highest BCUT2D eigenvalue weighted by Gasteiger charge is 2.20. The Balaban J connectivity index is 1.79. The summed E-state index contributed by atoms with van der Waals surface area (Å²) in [5.41, 5.74) is 0.132. The van der Waals surface area contributed by atoms with Crippen molar-refractivity contribution in [3.63, 3.8) is 0 Å². The number of aryl methyl sites for hydroxylation is 2. The fraction of sp³-hybridized carbons (Fsp3) is 0.353. The minimum atomic E-state index is -4.02. The standard InChI is InChI=1S/C17H20N4O6S/c1-11-4-6-13(7-5-11)28(25,26)27-9-12(22)8-21-10-18-15-14(21)16(23)20(3)17(24)19(15)2/h4-7,10,12,22H,8-9H2,1-3H3. The third-order valence-electron chi connectivity index (χ3n) is 4.35. The molecule has 2 aromatic heterocycles. The normalized spacial score (nSPS) is 13.1. The van der Waals surface area contributed by atoms with Crippen molar-refractivity contribution in [2.75, 3.05) is 6.61 Å². The van der Waals surface area contributed by atoms with E-state index in [1.165, 1.54) is 41.7 Å². The van der Waals surface area contributed by atoms with Crippen LogP contribution in [-0.2, 0) is 34.9 Å². The molecule has 0 spiro atoms. The highest BCUT2D eigenvalue weighted by atomic mass is 32.2. The Hall–Kier alpha value is -2.76. The number of nitrogens with zero attached hydrogens (tertiary/aromatic N) is 4. The van der Waals surface area contributed by atoms with Crippen molar-refractivity contribution < 1.29 is 17.7 Å². The van der Waals surface area contributed by atoms with Gasteiger partial charge in [0.05, 0.1) is 30.5 Å². The van der Waals surface area contributed by atoms with Gasteiger partial charge in [-0.3, -0.25) is 18.1 Å². The molecule has 1 N–H and O–H groups in total. The smallest absolute Gasteiger partial charge is 0.332 e. The molecule has 0 radical (unpaired) electrons. The van der Waals surface area contributed by atoms with Crippen LogP contribution in [0.25, 0.3) is 11.2 Å². The van der Waals surface area contributed by atoms with Crippen LogP contribution in [0.3, 0.4) is 0 Å². The zero-order chi connectivity index (χ0) is 20.6. The highest BCUT2D eigenvalue weighted by Crippen LogP contribution is 2.14. The fourth-order valence-electron chi connectivity index (χ4n) is 2.76. The van der Waals surface area contributed by atoms with Crippen molar-refractivity contribution in [3.8, 4) is 0 Å². The van der Waals surface area contributed by atoms with Crippen molar-refractivity contribution >= 4 is 21.3 Å². The van der Waals surface area contributed by atoms with Gasteiger partial charge in [0.25, 0.3) is 15.7 Å². The molecule has 1 aromatic carbocycles. The van der Waals surface area contributed by atoms with Gasteiger partial charge in [-0.05, 0) is 19.1 Å². The molecular formula is C17H20N4O6S. The Morgan fingerprint density at radius 3 is 2.43 bits per heavy atom. The predicted molar refractivity (Wildman–Crippen MR) is 101 cm³/mol. The summed E-state index contributed by atoms with van der Waals surface area (Å²) in [6.07, 6.45) is 0.0861. The summed E-state index contributed by atoms with van der Waals surface area (Å²) >= 11 is 0. The monoisotopic (exact) mass is 408 g/mol. The predicted octanol–water partition coefficient (Wildman–Crippen LogP) is -0.491. The number of hydrogen-bond acceptors (Lipinski definition) is 7. The molecule has 0 aliphatic carbocycles. The van der Waals surface area contributed by atoms with Gasteiger partial charge in [0, 0.05) is 14.1 Å². The maximum Gasteiger partial charge on any atom is 0.332 e. The average molecular weight is 408 g/mol. The number of aromatic nitrogens is 4. The SMILES string of the molecule is Cc1ccc(S(=O)(=O)OCC(O)Cn2cnc3c2c(=O)n(C)c(=O)n3C)cc1. The fourth-order valence-corrected chi connectivity index (χ4v) is 3.70. The number of fused-ring (bicyclic) bond motifs is 1. The van der Waals surface area contributed by atoms with E-state index in [-0.39, 0.29) is 22.6 Å². The van der Waals surface area contributed by atoms with E-state index in [0.29, 0.717) is 0 Å². The van der Waals surface area contributed by atoms with Gasteiger partial charge in [-0.25, -0.2) is 9.78 Å². The molecule has 2 heterocycles. The Labute approximate surface area is 160 Å². The minimum Gasteiger partial charge on any atom is -0.389 e. The molecule has 0 saturated heterocycles. The lowest BCUT2D eigenvalue weighted by molar-refractivity contribution is 0.0962. The van der Waals surface area contributed by atoms with Gasteiger partial charge in [-0.1, -0.05) is 17.7 Å². The zero-order valence-corrected chi connectivity index (χ0v) is 16.4. The molecule has 1 atom stereocenters. The Bertz CT molecular complexity index is 1240. The average Bonchev–Trinajstić information content (AvgIpc) is 3.07. The quantitative estimate of drug-likeness (QED) is 0.546. The number of benzene rings is 1. The third-order valence-corrected chi connectivity index (χ3v) is 5.65. The number of hydrogen-bond donors (Lipinski definition) is 1. The van der Waals surface area contributed by atoms with Gasteiger partial charge in [0.2, 0.25) is 0 Å². The molecule has 0 bridgehead atoms. The summed E-state index contributed by atoms with van der Waals surface area (Å²) in [6, 6.07) is 6.13. The van der Waals surface area contributed by atoms with Crippen molar-refractivity contribution in [3.05, 3.63) is 57.0 Å². The van der Waals surface area contributed by atoms with E-state index in [4.69, 9.17) is 4.18 Å². The molecule has 28 heavy (non-hydrogen) atoms. The van der Waals surface area contributed by atoms with Crippen molar-refractivity contribution in [1.29, 1.82) is 0 Å². The molecule has 3 aromatic rings. The van der Waals surface area contributed by atoms with E-state index in [2.05, 4.69) is 4.98 Å². The zero-order valence-electron chi connectivity index (χ0n) is 15.6. The number of aliphatic hydroxyl groups excluding tert-OH is 1. The van der Waals surface area contributed by atoms with Crippen LogP contribution in [-0.4, -0.2) is 44.9 Å². The van der Waals surface area contributed by atoms with E-state index < -0.39 is 34.1 Å². The van der Waals surface area contributed by atoms with Crippen LogP contribution in [0.2, 0.25) is 0 Å². The van der Waals surface area contributed by atoms with Crippen LogP contribution >= 0.6 is 0 Å². The van der Waals surface area contributed by atoms with Gasteiger partial charge in [-0.15, -0.1) is 0 Å². The minimum absolute atomic E-state index is 0.0118. The van der Waals surface area contributed by atoms with Gasteiger partial charge in [0.15, 0.2) is 11.2 Å². The molecular weight excluding hydrogens is 388 g/mol. The molecule has 0 aliphatic rings. The van der Waals surface area contributed by atoms with Crippen molar-refractivity contribution in [2.45, 2.75) is 24.5 Å². The van der Waals surface area contributed by atoms with E-state index in [1.54, 1.807) is 12.1 Å². The van der Waals surface area contributed by atoms with Gasteiger partial charge >= 0.3 is 5.69 Å². The topological polar surface area (TPSA) is 125 Å². The molecule has 0 saturated carbocycles. The molecule has 150 valence electrons. The van der Waals surface area contributed by atoms with Crippen LogP contribution in [0.1, 0.15) is 5.56 Å². The van der Waals surface area contributed by atoms with Gasteiger partial charge < -0.3 is 9.67 Å². The third kappa shape index (κ3) is 3.63. The molecule has 3 rings (SSSR count). The lowest BCUT2D eigenvalue weighted by Gasteiger charge is -2.13.